The molecule has 2 N–H and O–H groups in total. The molecule has 5 nitrogen and oxygen atoms in total. The zero-order valence-electron chi connectivity index (χ0n) is 12.8. The Morgan fingerprint density at radius 1 is 1.29 bits per heavy atom. The van der Waals surface area contributed by atoms with E-state index in [0.29, 0.717) is 13.0 Å². The topological polar surface area (TPSA) is 75.6 Å². The SMILES string of the molecule is CCOc1ccccc1CCC(=O)N[C@@H](C(=O)O)C(C)C. The Morgan fingerprint density at radius 3 is 2.52 bits per heavy atom. The molecule has 0 radical (unpaired) electrons. The van der Waals surface area contributed by atoms with Gasteiger partial charge in [0.2, 0.25) is 5.91 Å². The van der Waals surface area contributed by atoms with Crippen LogP contribution in [0.15, 0.2) is 24.3 Å². The number of rotatable bonds is 8. The van der Waals surface area contributed by atoms with Crippen LogP contribution in [0.3, 0.4) is 0 Å². The normalized spacial score (nSPS) is 12.0. The molecule has 0 aromatic heterocycles. The van der Waals surface area contributed by atoms with Gasteiger partial charge in [0.1, 0.15) is 11.8 Å². The number of para-hydroxylation sites is 1. The molecule has 0 aliphatic carbocycles. The highest BCUT2D eigenvalue weighted by Gasteiger charge is 2.23. The van der Waals surface area contributed by atoms with Gasteiger partial charge in [0.25, 0.3) is 0 Å². The highest BCUT2D eigenvalue weighted by molar-refractivity contribution is 5.83. The standard InChI is InChI=1S/C16H23NO4/c1-4-21-13-8-6-5-7-12(13)9-10-14(18)17-15(11(2)3)16(19)20/h5-8,11,15H,4,9-10H2,1-3H3,(H,17,18)(H,19,20)/t15-/m1/s1. The van der Waals surface area contributed by atoms with E-state index in [2.05, 4.69) is 5.32 Å². The molecule has 1 aromatic rings. The summed E-state index contributed by atoms with van der Waals surface area (Å²) in [5.74, 6) is -0.649. The van der Waals surface area contributed by atoms with Gasteiger partial charge in [-0.15, -0.1) is 0 Å². The van der Waals surface area contributed by atoms with Crippen LogP contribution in [0.5, 0.6) is 5.75 Å². The van der Waals surface area contributed by atoms with E-state index in [0.717, 1.165) is 11.3 Å². The molecule has 5 heteroatoms. The molecule has 0 aliphatic heterocycles. The summed E-state index contributed by atoms with van der Waals surface area (Å²) in [5, 5.41) is 11.6. The summed E-state index contributed by atoms with van der Waals surface area (Å²) in [7, 11) is 0. The molecule has 0 spiro atoms. The Morgan fingerprint density at radius 2 is 1.95 bits per heavy atom. The van der Waals surface area contributed by atoms with Crippen LogP contribution < -0.4 is 10.1 Å². The van der Waals surface area contributed by atoms with E-state index in [1.54, 1.807) is 13.8 Å². The first kappa shape index (κ1) is 17.0. The third kappa shape index (κ3) is 5.45. The van der Waals surface area contributed by atoms with Crippen molar-refractivity contribution in [2.75, 3.05) is 6.61 Å². The highest BCUT2D eigenvalue weighted by atomic mass is 16.5. The van der Waals surface area contributed by atoms with Crippen molar-refractivity contribution >= 4 is 11.9 Å². The van der Waals surface area contributed by atoms with Gasteiger partial charge >= 0.3 is 5.97 Å². The zero-order valence-corrected chi connectivity index (χ0v) is 12.8. The van der Waals surface area contributed by atoms with Crippen LogP contribution in [-0.2, 0) is 16.0 Å². The number of carboxylic acids is 1. The van der Waals surface area contributed by atoms with Gasteiger partial charge in [-0.25, -0.2) is 4.79 Å². The second-order valence-electron chi connectivity index (χ2n) is 5.17. The average Bonchev–Trinajstić information content (AvgIpc) is 2.43. The van der Waals surface area contributed by atoms with Gasteiger partial charge in [-0.1, -0.05) is 32.0 Å². The van der Waals surface area contributed by atoms with Gasteiger partial charge in [-0.3, -0.25) is 4.79 Å². The van der Waals surface area contributed by atoms with Crippen LogP contribution in [0, 0.1) is 5.92 Å². The Kier molecular flexibility index (Phi) is 6.72. The summed E-state index contributed by atoms with van der Waals surface area (Å²) in [5.41, 5.74) is 0.950. The first-order chi connectivity index (χ1) is 9.95. The van der Waals surface area contributed by atoms with E-state index < -0.39 is 12.0 Å². The number of carbonyl (C=O) groups is 2. The number of amides is 1. The van der Waals surface area contributed by atoms with Crippen LogP contribution in [0.4, 0.5) is 0 Å². The minimum atomic E-state index is -1.01. The molecule has 0 aliphatic rings. The molecule has 0 bridgehead atoms. The van der Waals surface area contributed by atoms with Gasteiger partial charge in [-0.05, 0) is 30.9 Å². The van der Waals surface area contributed by atoms with E-state index >= 15 is 0 Å². The van der Waals surface area contributed by atoms with Crippen LogP contribution in [0.25, 0.3) is 0 Å². The Labute approximate surface area is 125 Å². The lowest BCUT2D eigenvalue weighted by molar-refractivity contribution is -0.143. The number of carbonyl (C=O) groups excluding carboxylic acids is 1. The fraction of sp³-hybridized carbons (Fsp3) is 0.500. The van der Waals surface area contributed by atoms with E-state index in [9.17, 15) is 9.59 Å². The monoisotopic (exact) mass is 293 g/mol. The maximum Gasteiger partial charge on any atom is 0.326 e. The minimum absolute atomic E-state index is 0.151. The summed E-state index contributed by atoms with van der Waals surface area (Å²) in [6, 6.07) is 6.71. The fourth-order valence-electron chi connectivity index (χ4n) is 2.01. The van der Waals surface area contributed by atoms with Crippen molar-refractivity contribution < 1.29 is 19.4 Å². The van der Waals surface area contributed by atoms with Gasteiger partial charge in [-0.2, -0.15) is 0 Å². The largest absolute Gasteiger partial charge is 0.494 e. The second kappa shape index (κ2) is 8.29. The number of ether oxygens (including phenoxy) is 1. The molecule has 1 aromatic carbocycles. The van der Waals surface area contributed by atoms with Crippen molar-refractivity contribution in [1.82, 2.24) is 5.32 Å². The molecule has 1 atom stereocenters. The summed E-state index contributed by atoms with van der Waals surface area (Å²) >= 11 is 0. The number of carboxylic acid groups (broad SMARTS) is 1. The third-order valence-electron chi connectivity index (χ3n) is 3.14. The summed E-state index contributed by atoms with van der Waals surface area (Å²) in [6.07, 6.45) is 0.757. The summed E-state index contributed by atoms with van der Waals surface area (Å²) in [6.45, 7) is 6.01. The molecule has 1 amide bonds. The molecule has 1 rings (SSSR count). The minimum Gasteiger partial charge on any atom is -0.494 e. The van der Waals surface area contributed by atoms with E-state index in [-0.39, 0.29) is 18.2 Å². The highest BCUT2D eigenvalue weighted by Crippen LogP contribution is 2.19. The number of aryl methyl sites for hydroxylation is 1. The lowest BCUT2D eigenvalue weighted by Crippen LogP contribution is -2.44. The van der Waals surface area contributed by atoms with Gasteiger partial charge in [0, 0.05) is 6.42 Å². The predicted molar refractivity (Wildman–Crippen MR) is 80.3 cm³/mol. The quantitative estimate of drug-likeness (QED) is 0.770. The zero-order chi connectivity index (χ0) is 15.8. The van der Waals surface area contributed by atoms with Gasteiger partial charge in [0.05, 0.1) is 6.61 Å². The van der Waals surface area contributed by atoms with Crippen molar-refractivity contribution in [3.8, 4) is 5.75 Å². The Bertz CT molecular complexity index is 485. The lowest BCUT2D eigenvalue weighted by atomic mass is 10.0. The molecule has 0 saturated heterocycles. The van der Waals surface area contributed by atoms with Crippen LogP contribution >= 0.6 is 0 Å². The molecular formula is C16H23NO4. The second-order valence-corrected chi connectivity index (χ2v) is 5.17. The molecule has 21 heavy (non-hydrogen) atoms. The lowest BCUT2D eigenvalue weighted by Gasteiger charge is -2.18. The molecular weight excluding hydrogens is 270 g/mol. The maximum atomic E-state index is 11.9. The smallest absolute Gasteiger partial charge is 0.326 e. The van der Waals surface area contributed by atoms with Gasteiger partial charge < -0.3 is 15.2 Å². The van der Waals surface area contributed by atoms with Gasteiger partial charge in [0.15, 0.2) is 0 Å². The third-order valence-corrected chi connectivity index (χ3v) is 3.14. The average molecular weight is 293 g/mol. The first-order valence-electron chi connectivity index (χ1n) is 7.18. The number of hydrogen-bond donors (Lipinski definition) is 2. The summed E-state index contributed by atoms with van der Waals surface area (Å²) < 4.78 is 5.50. The first-order valence-corrected chi connectivity index (χ1v) is 7.18. The maximum absolute atomic E-state index is 11.9. The van der Waals surface area contributed by atoms with Crippen molar-refractivity contribution in [1.29, 1.82) is 0 Å². The van der Waals surface area contributed by atoms with E-state index in [1.165, 1.54) is 0 Å². The fourth-order valence-corrected chi connectivity index (χ4v) is 2.01. The molecule has 0 heterocycles. The number of aliphatic carboxylic acids is 1. The van der Waals surface area contributed by atoms with Crippen LogP contribution in [0.2, 0.25) is 0 Å². The van der Waals surface area contributed by atoms with Crippen molar-refractivity contribution in [2.24, 2.45) is 5.92 Å². The molecule has 116 valence electrons. The van der Waals surface area contributed by atoms with E-state index in [4.69, 9.17) is 9.84 Å². The van der Waals surface area contributed by atoms with Crippen molar-refractivity contribution in [3.05, 3.63) is 29.8 Å². The predicted octanol–water partition coefficient (Wildman–Crippen LogP) is 2.24. The molecule has 0 fully saturated rings. The van der Waals surface area contributed by atoms with Crippen LogP contribution in [-0.4, -0.2) is 29.6 Å². The number of nitrogens with one attached hydrogen (secondary N) is 1. The van der Waals surface area contributed by atoms with E-state index in [1.807, 2.05) is 31.2 Å². The summed E-state index contributed by atoms with van der Waals surface area (Å²) in [4.78, 5) is 22.9. The number of hydrogen-bond acceptors (Lipinski definition) is 3. The van der Waals surface area contributed by atoms with Crippen molar-refractivity contribution in [3.63, 3.8) is 0 Å². The Balaban J connectivity index is 2.59. The molecule has 0 saturated carbocycles. The number of benzene rings is 1. The van der Waals surface area contributed by atoms with Crippen LogP contribution in [0.1, 0.15) is 32.8 Å². The Hall–Kier alpha value is -2.04. The molecule has 0 unspecified atom stereocenters. The van der Waals surface area contributed by atoms with Crippen molar-refractivity contribution in [2.45, 2.75) is 39.7 Å².